The lowest BCUT2D eigenvalue weighted by Gasteiger charge is -2.23. The molecule has 594 valence electrons. The van der Waals surface area contributed by atoms with Crippen LogP contribution < -0.4 is 0 Å². The van der Waals surface area contributed by atoms with E-state index in [9.17, 15) is 0 Å². The standard InChI is InChI=1S/C106H64F3N17/c107-106(108,109)90-88(125-84-55-51-75(101-115-91(65-31-11-1-12-32-65)110-92(116-101)66-33-13-2-14-34-66)59-80(84)81-60-76(52-56-85(81)125)102-117-93(67-35-15-3-16-36-67)111-94(118-102)68-37-17-4-18-38-68)63-79(105-123-99(73-47-27-9-28-48-73)114-100(124-105)74-49-29-10-30-50-74)64-89(90)126-86-57-53-77(103-119-95(69-39-19-5-20-40-69)112-96(120-103)70-41-21-6-22-42-70)61-82(86)83-62-78(54-58-87(83)126)104-121-97(71-43-23-7-24-44-71)113-98(122-104)72-45-25-8-26-46-72/h1-64H. The summed E-state index contributed by atoms with van der Waals surface area (Å²) in [6.07, 6.45) is -5.17. The summed E-state index contributed by atoms with van der Waals surface area (Å²) in [6, 6.07) is 122. The Bertz CT molecular complexity index is 6850. The van der Waals surface area contributed by atoms with Gasteiger partial charge in [-0.1, -0.05) is 303 Å². The SMILES string of the molecule is FC(F)(F)c1c(-n2c3ccc(-c4nc(-c5ccccc5)nc(-c5ccccc5)n4)cc3c3cc(-c4nc(-c5ccccc5)nc(-c5ccccc5)n4)ccc32)cc(-c2nc(-c3ccccc3)nc(-c3ccccc3)n2)cc1-n1c2ccc(-c3nc(-c4ccccc4)nc(-c4ccccc4)n3)cc2c2cc(-c3nc(-c4ccccc4)nc(-c4ccccc4)n3)ccc21. The molecule has 0 aliphatic heterocycles. The summed E-state index contributed by atoms with van der Waals surface area (Å²) in [5.74, 6) is 5.31. The van der Waals surface area contributed by atoms with Gasteiger partial charge in [0.05, 0.1) is 33.4 Å². The van der Waals surface area contributed by atoms with E-state index in [-0.39, 0.29) is 34.4 Å². The maximum absolute atomic E-state index is 18.6. The van der Waals surface area contributed by atoms with E-state index in [1.54, 1.807) is 21.3 Å². The van der Waals surface area contributed by atoms with Gasteiger partial charge in [-0.3, -0.25) is 0 Å². The van der Waals surface area contributed by atoms with Crippen LogP contribution in [0.3, 0.4) is 0 Å². The van der Waals surface area contributed by atoms with Gasteiger partial charge in [0, 0.05) is 105 Å². The molecule has 0 unspecified atom stereocenters. The molecule has 22 aromatic rings. The Labute approximate surface area is 718 Å². The molecular formula is C106H64F3N17. The molecule has 15 aromatic carbocycles. The minimum Gasteiger partial charge on any atom is -0.309 e. The van der Waals surface area contributed by atoms with E-state index in [1.807, 2.05) is 376 Å². The highest BCUT2D eigenvalue weighted by molar-refractivity contribution is 6.14. The van der Waals surface area contributed by atoms with Crippen molar-refractivity contribution in [1.29, 1.82) is 0 Å². The quantitative estimate of drug-likeness (QED) is 0.0832. The molecule has 7 aromatic heterocycles. The second kappa shape index (κ2) is 31.7. The third-order valence-corrected chi connectivity index (χ3v) is 22.2. The van der Waals surface area contributed by atoms with E-state index in [2.05, 4.69) is 0 Å². The number of hydrogen-bond acceptors (Lipinski definition) is 15. The summed E-state index contributed by atoms with van der Waals surface area (Å²) in [5, 5.41) is 2.15. The van der Waals surface area contributed by atoms with Gasteiger partial charge in [-0.05, 0) is 84.9 Å². The van der Waals surface area contributed by atoms with E-state index >= 15 is 13.2 Å². The zero-order valence-electron chi connectivity index (χ0n) is 66.7. The van der Waals surface area contributed by atoms with Gasteiger partial charge < -0.3 is 9.13 Å². The molecule has 0 aliphatic rings. The Balaban J connectivity index is 0.849. The molecule has 17 nitrogen and oxygen atoms in total. The molecule has 0 atom stereocenters. The second-order valence-electron chi connectivity index (χ2n) is 30.2. The average Bonchev–Trinajstić information content (AvgIpc) is 1.54. The topological polar surface area (TPSA) is 203 Å². The minimum absolute atomic E-state index is 0.0858. The van der Waals surface area contributed by atoms with E-state index < -0.39 is 11.7 Å². The summed E-state index contributed by atoms with van der Waals surface area (Å²) >= 11 is 0. The van der Waals surface area contributed by atoms with Gasteiger partial charge in [0.2, 0.25) is 0 Å². The number of fused-ring (bicyclic) bond motifs is 6. The third-order valence-electron chi connectivity index (χ3n) is 22.2. The van der Waals surface area contributed by atoms with Gasteiger partial charge in [-0.15, -0.1) is 0 Å². The Morgan fingerprint density at radius 3 is 0.444 bits per heavy atom. The maximum atomic E-state index is 18.6. The first-order valence-corrected chi connectivity index (χ1v) is 40.8. The molecule has 126 heavy (non-hydrogen) atoms. The van der Waals surface area contributed by atoms with Gasteiger partial charge in [0.25, 0.3) is 0 Å². The molecule has 22 rings (SSSR count). The molecule has 0 saturated heterocycles. The third kappa shape index (κ3) is 14.3. The fraction of sp³-hybridized carbons (Fsp3) is 0.00943. The highest BCUT2D eigenvalue weighted by atomic mass is 19.4. The van der Waals surface area contributed by atoms with E-state index in [1.165, 1.54) is 0 Å². The lowest BCUT2D eigenvalue weighted by molar-refractivity contribution is -0.137. The maximum Gasteiger partial charge on any atom is 0.420 e. The number of nitrogens with zero attached hydrogens (tertiary/aromatic N) is 17. The number of aromatic nitrogens is 17. The first-order valence-electron chi connectivity index (χ1n) is 40.8. The van der Waals surface area contributed by atoms with E-state index in [0.717, 1.165) is 44.5 Å². The largest absolute Gasteiger partial charge is 0.420 e. The van der Waals surface area contributed by atoms with E-state index in [0.29, 0.717) is 147 Å². The Kier molecular flexibility index (Phi) is 18.9. The molecule has 0 aliphatic carbocycles. The van der Waals surface area contributed by atoms with Gasteiger partial charge in [0.1, 0.15) is 5.56 Å². The molecule has 0 fully saturated rings. The van der Waals surface area contributed by atoms with Crippen LogP contribution in [0.15, 0.2) is 388 Å². The van der Waals surface area contributed by atoms with Gasteiger partial charge >= 0.3 is 6.18 Å². The Hall–Kier alpha value is -17.3. The van der Waals surface area contributed by atoms with Crippen LogP contribution in [-0.2, 0) is 6.18 Å². The molecule has 0 radical (unpaired) electrons. The fourth-order valence-electron chi connectivity index (χ4n) is 16.2. The predicted molar refractivity (Wildman–Crippen MR) is 489 cm³/mol. The van der Waals surface area contributed by atoms with Gasteiger partial charge in [-0.2, -0.15) is 13.2 Å². The Morgan fingerprint density at radius 1 is 0.151 bits per heavy atom. The normalized spacial score (nSPS) is 11.6. The highest BCUT2D eigenvalue weighted by Crippen LogP contribution is 2.49. The minimum atomic E-state index is -5.17. The summed E-state index contributed by atoms with van der Waals surface area (Å²) in [5.41, 5.74) is 9.76. The van der Waals surface area contributed by atoms with Crippen molar-refractivity contribution in [1.82, 2.24) is 83.9 Å². The zero-order chi connectivity index (χ0) is 84.2. The summed E-state index contributed by atoms with van der Waals surface area (Å²) in [4.78, 5) is 77.5. The molecule has 0 N–H and O–H groups in total. The van der Waals surface area contributed by atoms with Crippen molar-refractivity contribution in [3.63, 3.8) is 0 Å². The summed E-state index contributed by atoms with van der Waals surface area (Å²) < 4.78 is 59.2. The van der Waals surface area contributed by atoms with Crippen LogP contribution in [0, 0.1) is 0 Å². The van der Waals surface area contributed by atoms with Crippen LogP contribution in [0.4, 0.5) is 13.2 Å². The van der Waals surface area contributed by atoms with Crippen LogP contribution in [0.25, 0.3) is 226 Å². The lowest BCUT2D eigenvalue weighted by Crippen LogP contribution is -2.16. The number of halogens is 3. The van der Waals surface area contributed by atoms with Crippen molar-refractivity contribution in [3.8, 4) is 182 Å². The fourth-order valence-corrected chi connectivity index (χ4v) is 16.2. The van der Waals surface area contributed by atoms with Crippen LogP contribution in [0.1, 0.15) is 5.56 Å². The monoisotopic (exact) mass is 1630 g/mol. The van der Waals surface area contributed by atoms with Crippen molar-refractivity contribution in [2.24, 2.45) is 0 Å². The van der Waals surface area contributed by atoms with Gasteiger partial charge in [-0.25, -0.2) is 74.8 Å². The van der Waals surface area contributed by atoms with Gasteiger partial charge in [0.15, 0.2) is 87.4 Å². The summed E-state index contributed by atoms with van der Waals surface area (Å²) in [6.45, 7) is 0. The molecule has 20 heteroatoms. The van der Waals surface area contributed by atoms with Crippen molar-refractivity contribution < 1.29 is 13.2 Å². The lowest BCUT2D eigenvalue weighted by atomic mass is 10.0. The highest BCUT2D eigenvalue weighted by Gasteiger charge is 2.41. The molecular weight excluding hydrogens is 1570 g/mol. The zero-order valence-corrected chi connectivity index (χ0v) is 66.7. The molecule has 0 amide bonds. The van der Waals surface area contributed by atoms with Crippen LogP contribution in [0.5, 0.6) is 0 Å². The number of rotatable bonds is 17. The first kappa shape index (κ1) is 75.0. The second-order valence-corrected chi connectivity index (χ2v) is 30.2. The van der Waals surface area contributed by atoms with Crippen molar-refractivity contribution >= 4 is 43.6 Å². The smallest absolute Gasteiger partial charge is 0.309 e. The number of benzene rings is 15. The molecule has 0 spiro atoms. The molecule has 0 saturated carbocycles. The molecule has 7 heterocycles. The Morgan fingerprint density at radius 2 is 0.294 bits per heavy atom. The summed E-state index contributed by atoms with van der Waals surface area (Å²) in [7, 11) is 0. The number of alkyl halides is 3. The predicted octanol–water partition coefficient (Wildman–Crippen LogP) is 24.8. The van der Waals surface area contributed by atoms with Crippen molar-refractivity contribution in [2.75, 3.05) is 0 Å². The van der Waals surface area contributed by atoms with E-state index in [4.69, 9.17) is 74.8 Å². The van der Waals surface area contributed by atoms with Crippen molar-refractivity contribution in [2.45, 2.75) is 6.18 Å². The first-order chi connectivity index (χ1) is 62.0. The van der Waals surface area contributed by atoms with Crippen LogP contribution in [-0.4, -0.2) is 83.9 Å². The molecule has 0 bridgehead atoms. The average molecular weight is 1630 g/mol. The van der Waals surface area contributed by atoms with Crippen LogP contribution in [0.2, 0.25) is 0 Å². The van der Waals surface area contributed by atoms with Crippen molar-refractivity contribution in [3.05, 3.63) is 394 Å². The number of hydrogen-bond donors (Lipinski definition) is 0. The van der Waals surface area contributed by atoms with Crippen LogP contribution >= 0.6 is 0 Å².